The van der Waals surface area contributed by atoms with Crippen molar-refractivity contribution in [1.82, 2.24) is 14.9 Å². The van der Waals surface area contributed by atoms with Crippen LogP contribution in [0, 0.1) is 5.82 Å². The van der Waals surface area contributed by atoms with Crippen molar-refractivity contribution in [3.63, 3.8) is 0 Å². The number of rotatable bonds is 5. The van der Waals surface area contributed by atoms with E-state index in [0.29, 0.717) is 47.0 Å². The molecule has 0 atom stereocenters. The molecule has 1 fully saturated rings. The number of ether oxygens (including phenoxy) is 1. The average Bonchev–Trinajstić information content (AvgIpc) is 2.85. The SMILES string of the molecule is O=C(C=CCN1CCCCC1)N1CCOc2cc3ncnc(Nc4ccc(F)c(Cl)c4)c3cc21. The minimum atomic E-state index is -0.492. The number of nitrogens with one attached hydrogen (secondary N) is 1. The molecule has 1 aromatic heterocycles. The minimum Gasteiger partial charge on any atom is -0.489 e. The lowest BCUT2D eigenvalue weighted by molar-refractivity contribution is -0.114. The van der Waals surface area contributed by atoms with Crippen LogP contribution in [0.25, 0.3) is 10.9 Å². The quantitative estimate of drug-likeness (QED) is 0.521. The van der Waals surface area contributed by atoms with Crippen LogP contribution in [0.1, 0.15) is 19.3 Å². The van der Waals surface area contributed by atoms with Crippen LogP contribution in [-0.4, -0.2) is 53.6 Å². The summed E-state index contributed by atoms with van der Waals surface area (Å²) in [5.74, 6) is 0.547. The van der Waals surface area contributed by atoms with Crippen LogP contribution in [0.3, 0.4) is 0 Å². The van der Waals surface area contributed by atoms with Crippen molar-refractivity contribution < 1.29 is 13.9 Å². The number of likely N-dealkylation sites (tertiary alicyclic amines) is 1. The number of aromatic nitrogens is 2. The van der Waals surface area contributed by atoms with Crippen LogP contribution < -0.4 is 15.0 Å². The van der Waals surface area contributed by atoms with Gasteiger partial charge in [0.25, 0.3) is 5.91 Å². The third-order valence-electron chi connectivity index (χ3n) is 6.10. The highest BCUT2D eigenvalue weighted by Gasteiger charge is 2.24. The minimum absolute atomic E-state index is 0.0160. The Morgan fingerprint density at radius 2 is 2.00 bits per heavy atom. The molecule has 0 saturated carbocycles. The van der Waals surface area contributed by atoms with Crippen LogP contribution in [0.4, 0.5) is 21.6 Å². The zero-order valence-electron chi connectivity index (χ0n) is 18.6. The van der Waals surface area contributed by atoms with Crippen LogP contribution in [0.2, 0.25) is 5.02 Å². The number of halogens is 2. The summed E-state index contributed by atoms with van der Waals surface area (Å²) in [5.41, 5.74) is 1.93. The lowest BCUT2D eigenvalue weighted by Crippen LogP contribution is -2.37. The molecule has 0 spiro atoms. The second-order valence-corrected chi connectivity index (χ2v) is 8.82. The lowest BCUT2D eigenvalue weighted by Gasteiger charge is -2.29. The van der Waals surface area contributed by atoms with E-state index in [1.165, 1.54) is 37.7 Å². The fourth-order valence-corrected chi connectivity index (χ4v) is 4.52. The van der Waals surface area contributed by atoms with Gasteiger partial charge in [0.1, 0.15) is 30.3 Å². The average molecular weight is 482 g/mol. The Kier molecular flexibility index (Phi) is 6.60. The molecule has 2 aliphatic rings. The number of hydrogen-bond acceptors (Lipinski definition) is 6. The molecule has 5 rings (SSSR count). The second-order valence-electron chi connectivity index (χ2n) is 8.42. The van der Waals surface area contributed by atoms with E-state index in [4.69, 9.17) is 16.3 Å². The van der Waals surface area contributed by atoms with Crippen LogP contribution >= 0.6 is 11.6 Å². The first-order valence-corrected chi connectivity index (χ1v) is 11.8. The van der Waals surface area contributed by atoms with Gasteiger partial charge in [0.15, 0.2) is 0 Å². The summed E-state index contributed by atoms with van der Waals surface area (Å²) < 4.78 is 19.4. The molecule has 1 N–H and O–H groups in total. The predicted molar refractivity (Wildman–Crippen MR) is 132 cm³/mol. The molecule has 3 aromatic rings. The summed E-state index contributed by atoms with van der Waals surface area (Å²) in [4.78, 5) is 25.8. The molecule has 9 heteroatoms. The van der Waals surface area contributed by atoms with Crippen molar-refractivity contribution in [1.29, 1.82) is 0 Å². The van der Waals surface area contributed by atoms with Gasteiger partial charge in [-0.05, 0) is 50.2 Å². The highest BCUT2D eigenvalue weighted by Crippen LogP contribution is 2.37. The monoisotopic (exact) mass is 481 g/mol. The van der Waals surface area contributed by atoms with E-state index in [9.17, 15) is 9.18 Å². The van der Waals surface area contributed by atoms with Crippen molar-refractivity contribution in [3.05, 3.63) is 59.7 Å². The first kappa shape index (κ1) is 22.6. The number of amides is 1. The molecule has 0 aliphatic carbocycles. The number of hydrogen-bond donors (Lipinski definition) is 1. The van der Waals surface area contributed by atoms with E-state index < -0.39 is 5.82 Å². The molecule has 2 aliphatic heterocycles. The third-order valence-corrected chi connectivity index (χ3v) is 6.39. The zero-order valence-corrected chi connectivity index (χ0v) is 19.4. The van der Waals surface area contributed by atoms with Crippen LogP contribution in [0.15, 0.2) is 48.8 Å². The number of benzene rings is 2. The van der Waals surface area contributed by atoms with E-state index in [2.05, 4.69) is 20.2 Å². The summed E-state index contributed by atoms with van der Waals surface area (Å²) >= 11 is 5.92. The molecule has 3 heterocycles. The molecule has 1 saturated heterocycles. The second kappa shape index (κ2) is 9.95. The van der Waals surface area contributed by atoms with Gasteiger partial charge >= 0.3 is 0 Å². The number of carbonyl (C=O) groups excluding carboxylic acids is 1. The van der Waals surface area contributed by atoms with Gasteiger partial charge in [0, 0.05) is 29.8 Å². The standard InChI is InChI=1S/C25H25ClFN5O2/c26-19-13-17(6-7-20(19)27)30-25-18-14-22-23(15-21(18)28-16-29-25)34-12-11-32(22)24(33)5-4-10-31-8-2-1-3-9-31/h4-7,13-16H,1-3,8-12H2,(H,28,29,30). The molecular formula is C25H25ClFN5O2. The summed E-state index contributed by atoms with van der Waals surface area (Å²) in [6, 6.07) is 8.04. The fraction of sp³-hybridized carbons (Fsp3) is 0.320. The van der Waals surface area contributed by atoms with Gasteiger partial charge < -0.3 is 15.0 Å². The van der Waals surface area contributed by atoms with E-state index >= 15 is 0 Å². The number of nitrogens with zero attached hydrogens (tertiary/aromatic N) is 4. The summed E-state index contributed by atoms with van der Waals surface area (Å²) in [6.07, 6.45) is 8.75. The lowest BCUT2D eigenvalue weighted by atomic mass is 10.1. The zero-order chi connectivity index (χ0) is 23.5. The van der Waals surface area contributed by atoms with E-state index in [1.807, 2.05) is 18.2 Å². The van der Waals surface area contributed by atoms with E-state index in [-0.39, 0.29) is 10.9 Å². The van der Waals surface area contributed by atoms with E-state index in [1.54, 1.807) is 17.0 Å². The van der Waals surface area contributed by atoms with Gasteiger partial charge in [-0.3, -0.25) is 9.69 Å². The van der Waals surface area contributed by atoms with Gasteiger partial charge in [0.2, 0.25) is 0 Å². The first-order valence-electron chi connectivity index (χ1n) is 11.4. The Hall–Kier alpha value is -3.23. The molecular weight excluding hydrogens is 457 g/mol. The Morgan fingerprint density at radius 1 is 1.15 bits per heavy atom. The molecule has 1 amide bonds. The molecule has 34 heavy (non-hydrogen) atoms. The van der Waals surface area contributed by atoms with Gasteiger partial charge in [-0.1, -0.05) is 24.1 Å². The molecule has 176 valence electrons. The van der Waals surface area contributed by atoms with Crippen molar-refractivity contribution in [2.45, 2.75) is 19.3 Å². The van der Waals surface area contributed by atoms with Gasteiger partial charge in [-0.15, -0.1) is 0 Å². The Labute approximate surface area is 202 Å². The van der Waals surface area contributed by atoms with E-state index in [0.717, 1.165) is 19.6 Å². The summed E-state index contributed by atoms with van der Waals surface area (Å²) in [5, 5.41) is 3.90. The van der Waals surface area contributed by atoms with Crippen molar-refractivity contribution in [3.8, 4) is 5.75 Å². The summed E-state index contributed by atoms with van der Waals surface area (Å²) in [7, 11) is 0. The van der Waals surface area contributed by atoms with Crippen molar-refractivity contribution >= 4 is 45.6 Å². The van der Waals surface area contributed by atoms with Gasteiger partial charge in [0.05, 0.1) is 22.8 Å². The predicted octanol–water partition coefficient (Wildman–Crippen LogP) is 4.93. The molecule has 2 aromatic carbocycles. The van der Waals surface area contributed by atoms with Crippen molar-refractivity contribution in [2.24, 2.45) is 0 Å². The van der Waals surface area contributed by atoms with Gasteiger partial charge in [-0.2, -0.15) is 0 Å². The van der Waals surface area contributed by atoms with Crippen LogP contribution in [0.5, 0.6) is 5.75 Å². The Bertz CT molecular complexity index is 1250. The molecule has 0 radical (unpaired) electrons. The fourth-order valence-electron chi connectivity index (χ4n) is 4.34. The number of fused-ring (bicyclic) bond motifs is 2. The Morgan fingerprint density at radius 3 is 2.82 bits per heavy atom. The normalized spacial score (nSPS) is 16.5. The maximum atomic E-state index is 13.5. The number of anilines is 3. The highest BCUT2D eigenvalue weighted by atomic mass is 35.5. The largest absolute Gasteiger partial charge is 0.489 e. The maximum absolute atomic E-state index is 13.5. The highest BCUT2D eigenvalue weighted by molar-refractivity contribution is 6.31. The third kappa shape index (κ3) is 4.83. The van der Waals surface area contributed by atoms with Gasteiger partial charge in [-0.25, -0.2) is 14.4 Å². The molecule has 7 nitrogen and oxygen atoms in total. The summed E-state index contributed by atoms with van der Waals surface area (Å²) in [6.45, 7) is 3.81. The number of piperidine rings is 1. The molecule has 0 unspecified atom stereocenters. The Balaban J connectivity index is 1.41. The maximum Gasteiger partial charge on any atom is 0.250 e. The topological polar surface area (TPSA) is 70.6 Å². The van der Waals surface area contributed by atoms with Crippen molar-refractivity contribution in [2.75, 3.05) is 43.0 Å². The smallest absolute Gasteiger partial charge is 0.250 e. The molecule has 0 bridgehead atoms. The van der Waals surface area contributed by atoms with Crippen LogP contribution in [-0.2, 0) is 4.79 Å². The first-order chi connectivity index (χ1) is 16.6. The number of carbonyl (C=O) groups is 1.